The van der Waals surface area contributed by atoms with E-state index in [4.69, 9.17) is 0 Å². The zero-order valence-corrected chi connectivity index (χ0v) is 9.09. The number of hydrogen-bond donors (Lipinski definition) is 3. The number of hydrogen-bond acceptors (Lipinski definition) is 3. The van der Waals surface area contributed by atoms with Gasteiger partial charge in [-0.15, -0.1) is 0 Å². The van der Waals surface area contributed by atoms with Gasteiger partial charge in [-0.25, -0.2) is 4.79 Å². The summed E-state index contributed by atoms with van der Waals surface area (Å²) in [7, 11) is 0. The topological polar surface area (TPSA) is 70.2 Å². The molecule has 1 saturated heterocycles. The molecule has 0 unspecified atom stereocenters. The molecular formula is C10H17N3O2. The van der Waals surface area contributed by atoms with Crippen LogP contribution in [0.5, 0.6) is 0 Å². The quantitative estimate of drug-likeness (QED) is 0.356. The molecule has 0 aromatic heterocycles. The summed E-state index contributed by atoms with van der Waals surface area (Å²) >= 11 is 0. The maximum atomic E-state index is 11.1. The summed E-state index contributed by atoms with van der Waals surface area (Å²) in [6, 6.07) is -0.463. The van der Waals surface area contributed by atoms with E-state index in [0.29, 0.717) is 5.92 Å². The Labute approximate surface area is 89.3 Å². The van der Waals surface area contributed by atoms with Crippen molar-refractivity contribution >= 4 is 11.9 Å². The van der Waals surface area contributed by atoms with Crippen molar-refractivity contribution in [2.24, 2.45) is 5.92 Å². The van der Waals surface area contributed by atoms with Crippen LogP contribution in [0.25, 0.3) is 0 Å². The fraction of sp³-hybridized carbons (Fsp3) is 0.600. The van der Waals surface area contributed by atoms with Crippen molar-refractivity contribution in [2.75, 3.05) is 6.54 Å². The van der Waals surface area contributed by atoms with Gasteiger partial charge in [-0.3, -0.25) is 10.1 Å². The number of urea groups is 1. The van der Waals surface area contributed by atoms with Crippen LogP contribution in [0.2, 0.25) is 0 Å². The minimum atomic E-state index is -0.463. The summed E-state index contributed by atoms with van der Waals surface area (Å²) in [4.78, 5) is 21.8. The molecule has 15 heavy (non-hydrogen) atoms. The highest BCUT2D eigenvalue weighted by Gasteiger charge is 2.22. The third kappa shape index (κ3) is 4.01. The molecule has 1 aliphatic rings. The molecule has 0 bridgehead atoms. The summed E-state index contributed by atoms with van der Waals surface area (Å²) < 4.78 is 0. The molecule has 5 heteroatoms. The van der Waals surface area contributed by atoms with Crippen molar-refractivity contribution in [3.05, 3.63) is 11.9 Å². The van der Waals surface area contributed by atoms with Crippen LogP contribution in [-0.4, -0.2) is 18.5 Å². The van der Waals surface area contributed by atoms with Gasteiger partial charge in [-0.2, -0.15) is 0 Å². The average Bonchev–Trinajstić information content (AvgIpc) is 2.44. The van der Waals surface area contributed by atoms with E-state index in [1.165, 1.54) is 0 Å². The lowest BCUT2D eigenvalue weighted by Gasteiger charge is -2.04. The van der Waals surface area contributed by atoms with E-state index < -0.39 is 6.03 Å². The van der Waals surface area contributed by atoms with Gasteiger partial charge in [-0.05, 0) is 18.8 Å². The highest BCUT2D eigenvalue weighted by atomic mass is 16.2. The molecule has 0 aromatic rings. The minimum Gasteiger partial charge on any atom is -0.389 e. The van der Waals surface area contributed by atoms with Crippen molar-refractivity contribution in [3.8, 4) is 0 Å². The molecular weight excluding hydrogens is 194 g/mol. The van der Waals surface area contributed by atoms with Gasteiger partial charge in [0, 0.05) is 12.7 Å². The SMILES string of the molecule is CC(C)CCCN/C=C1\NC(=O)NC1=O. The van der Waals surface area contributed by atoms with Crippen LogP contribution in [0.1, 0.15) is 26.7 Å². The second-order valence-corrected chi connectivity index (χ2v) is 3.96. The van der Waals surface area contributed by atoms with Crippen molar-refractivity contribution in [3.63, 3.8) is 0 Å². The molecule has 1 aliphatic heterocycles. The molecule has 1 rings (SSSR count). The van der Waals surface area contributed by atoms with Gasteiger partial charge >= 0.3 is 6.03 Å². The van der Waals surface area contributed by atoms with Gasteiger partial charge in [0.2, 0.25) is 0 Å². The third-order valence-electron chi connectivity index (χ3n) is 2.07. The van der Waals surface area contributed by atoms with Gasteiger partial charge in [-0.1, -0.05) is 13.8 Å². The smallest absolute Gasteiger partial charge is 0.326 e. The lowest BCUT2D eigenvalue weighted by molar-refractivity contribution is -0.115. The lowest BCUT2D eigenvalue weighted by Crippen LogP contribution is -2.22. The summed E-state index contributed by atoms with van der Waals surface area (Å²) in [5.41, 5.74) is 0.282. The Kier molecular flexibility index (Phi) is 4.15. The Morgan fingerprint density at radius 3 is 2.60 bits per heavy atom. The second-order valence-electron chi connectivity index (χ2n) is 3.96. The number of nitrogens with one attached hydrogen (secondary N) is 3. The summed E-state index contributed by atoms with van der Waals surface area (Å²) in [5.74, 6) is 0.310. The predicted molar refractivity (Wildman–Crippen MR) is 56.8 cm³/mol. The fourth-order valence-electron chi connectivity index (χ4n) is 1.27. The molecule has 5 nitrogen and oxygen atoms in total. The maximum Gasteiger partial charge on any atom is 0.326 e. The number of carbonyl (C=O) groups is 2. The van der Waals surface area contributed by atoms with Gasteiger partial charge < -0.3 is 10.6 Å². The molecule has 0 spiro atoms. The van der Waals surface area contributed by atoms with Crippen molar-refractivity contribution in [2.45, 2.75) is 26.7 Å². The lowest BCUT2D eigenvalue weighted by atomic mass is 10.1. The zero-order chi connectivity index (χ0) is 11.3. The van der Waals surface area contributed by atoms with E-state index in [-0.39, 0.29) is 11.6 Å². The van der Waals surface area contributed by atoms with Gasteiger partial charge in [0.05, 0.1) is 0 Å². The van der Waals surface area contributed by atoms with Gasteiger partial charge in [0.15, 0.2) is 0 Å². The number of rotatable bonds is 5. The molecule has 84 valence electrons. The molecule has 3 N–H and O–H groups in total. The predicted octanol–water partition coefficient (Wildman–Crippen LogP) is 0.693. The van der Waals surface area contributed by atoms with Crippen LogP contribution in [0.3, 0.4) is 0 Å². The Bertz CT molecular complexity index is 284. The average molecular weight is 211 g/mol. The number of amides is 3. The summed E-state index contributed by atoms with van der Waals surface area (Å²) in [6.45, 7) is 5.15. The Hall–Kier alpha value is -1.52. The molecule has 3 amide bonds. The van der Waals surface area contributed by atoms with Gasteiger partial charge in [0.1, 0.15) is 5.70 Å². The molecule has 1 fully saturated rings. The molecule has 0 radical (unpaired) electrons. The summed E-state index contributed by atoms with van der Waals surface area (Å²) in [5, 5.41) is 7.53. The number of imide groups is 1. The first-order chi connectivity index (χ1) is 7.09. The van der Waals surface area contributed by atoms with E-state index in [2.05, 4.69) is 29.8 Å². The van der Waals surface area contributed by atoms with Crippen LogP contribution >= 0.6 is 0 Å². The van der Waals surface area contributed by atoms with E-state index in [1.54, 1.807) is 6.20 Å². The van der Waals surface area contributed by atoms with Crippen LogP contribution in [0.15, 0.2) is 11.9 Å². The van der Waals surface area contributed by atoms with Crippen LogP contribution < -0.4 is 16.0 Å². The fourth-order valence-corrected chi connectivity index (χ4v) is 1.27. The monoisotopic (exact) mass is 211 g/mol. The summed E-state index contributed by atoms with van der Waals surface area (Å²) in [6.07, 6.45) is 3.74. The molecule has 0 atom stereocenters. The Morgan fingerprint density at radius 1 is 1.33 bits per heavy atom. The first kappa shape index (κ1) is 11.6. The highest BCUT2D eigenvalue weighted by molar-refractivity contribution is 6.11. The van der Waals surface area contributed by atoms with Crippen molar-refractivity contribution in [1.82, 2.24) is 16.0 Å². The zero-order valence-electron chi connectivity index (χ0n) is 9.09. The van der Waals surface area contributed by atoms with Crippen molar-refractivity contribution < 1.29 is 9.59 Å². The maximum absolute atomic E-state index is 11.1. The standard InChI is InChI=1S/C10H17N3O2/c1-7(2)4-3-5-11-6-8-9(14)13-10(15)12-8/h6-7,11H,3-5H2,1-2H3,(H2,12,13,14,15)/b8-6-. The first-order valence-electron chi connectivity index (χ1n) is 5.15. The largest absolute Gasteiger partial charge is 0.389 e. The highest BCUT2D eigenvalue weighted by Crippen LogP contribution is 2.02. The number of carbonyl (C=O) groups excluding carboxylic acids is 2. The Morgan fingerprint density at radius 2 is 2.07 bits per heavy atom. The first-order valence-corrected chi connectivity index (χ1v) is 5.15. The van der Waals surface area contributed by atoms with E-state index >= 15 is 0 Å². The van der Waals surface area contributed by atoms with Gasteiger partial charge in [0.25, 0.3) is 5.91 Å². The minimum absolute atomic E-state index is 0.282. The molecule has 0 aromatic carbocycles. The van der Waals surface area contributed by atoms with Crippen LogP contribution in [-0.2, 0) is 4.79 Å². The Balaban J connectivity index is 2.21. The molecule has 0 saturated carbocycles. The van der Waals surface area contributed by atoms with Crippen LogP contribution in [0, 0.1) is 5.92 Å². The normalized spacial score (nSPS) is 18.2. The molecule has 1 heterocycles. The molecule has 0 aliphatic carbocycles. The van der Waals surface area contributed by atoms with E-state index in [1.807, 2.05) is 0 Å². The second kappa shape index (κ2) is 5.38. The van der Waals surface area contributed by atoms with Crippen LogP contribution in [0.4, 0.5) is 4.79 Å². The van der Waals surface area contributed by atoms with E-state index in [0.717, 1.165) is 19.4 Å². The third-order valence-corrected chi connectivity index (χ3v) is 2.07. The van der Waals surface area contributed by atoms with E-state index in [9.17, 15) is 9.59 Å². The van der Waals surface area contributed by atoms with Crippen molar-refractivity contribution in [1.29, 1.82) is 0 Å².